The monoisotopic (exact) mass is 600 g/mol. The maximum absolute atomic E-state index is 13.4. The number of nitrogens with one attached hydrogen (secondary N) is 1. The van der Waals surface area contributed by atoms with Crippen molar-refractivity contribution < 1.29 is 52.4 Å². The van der Waals surface area contributed by atoms with Gasteiger partial charge in [0.1, 0.15) is 18.6 Å². The van der Waals surface area contributed by atoms with Crippen molar-refractivity contribution in [1.29, 1.82) is 0 Å². The van der Waals surface area contributed by atoms with Crippen molar-refractivity contribution in [2.75, 3.05) is 20.5 Å². The fraction of sp³-hybridized carbons (Fsp3) is 0.467. The van der Waals surface area contributed by atoms with E-state index in [4.69, 9.17) is 28.4 Å². The van der Waals surface area contributed by atoms with E-state index in [2.05, 4.69) is 10.3 Å². The highest BCUT2D eigenvalue weighted by Crippen LogP contribution is 2.30. The molecule has 1 fully saturated rings. The predicted octanol–water partition coefficient (Wildman–Crippen LogP) is 2.39. The lowest BCUT2D eigenvalue weighted by Crippen LogP contribution is -2.47. The maximum atomic E-state index is 13.4. The Kier molecular flexibility index (Phi) is 11.8. The van der Waals surface area contributed by atoms with Gasteiger partial charge in [-0.15, -0.1) is 0 Å². The van der Waals surface area contributed by atoms with Crippen molar-refractivity contribution in [2.24, 2.45) is 11.8 Å². The van der Waals surface area contributed by atoms with Gasteiger partial charge in [0, 0.05) is 18.7 Å². The number of cyclic esters (lactones) is 2. The molecule has 3 unspecified atom stereocenters. The molecule has 0 spiro atoms. The zero-order valence-electron chi connectivity index (χ0n) is 24.7. The van der Waals surface area contributed by atoms with Gasteiger partial charge in [0.25, 0.3) is 5.91 Å². The molecule has 2 heterocycles. The summed E-state index contributed by atoms with van der Waals surface area (Å²) < 4.78 is 32.4. The van der Waals surface area contributed by atoms with Crippen LogP contribution < -0.4 is 14.8 Å². The van der Waals surface area contributed by atoms with Crippen molar-refractivity contribution in [2.45, 2.75) is 58.8 Å². The standard InChI is InChI=1S/C30H36N2O11/c1-6-23(33)40-16-41-26-22(38-5)12-13-31-24(26)27(34)32-21-15-39-29(36)20(14-19-10-8-7-9-11-19)25(18(4)42-30(21)37)43-28(35)17(2)3/h7-13,17-18,20-21,25H,6,14-16H2,1-5H3,(H,32,34)/t18-,20?,21?,25?/m0/s1. The molecule has 0 bridgehead atoms. The first kappa shape index (κ1) is 32.8. The summed E-state index contributed by atoms with van der Waals surface area (Å²) in [6, 6.07) is 9.03. The molecule has 0 radical (unpaired) electrons. The Bertz CT molecular complexity index is 1300. The summed E-state index contributed by atoms with van der Waals surface area (Å²) >= 11 is 0. The van der Waals surface area contributed by atoms with Gasteiger partial charge in [-0.05, 0) is 18.9 Å². The molecule has 2 aromatic rings. The van der Waals surface area contributed by atoms with Gasteiger partial charge in [-0.25, -0.2) is 9.78 Å². The molecule has 1 amide bonds. The fourth-order valence-electron chi connectivity index (χ4n) is 4.13. The average Bonchev–Trinajstić information content (AvgIpc) is 3.03. The van der Waals surface area contributed by atoms with Gasteiger partial charge >= 0.3 is 23.9 Å². The Morgan fingerprint density at radius 2 is 1.81 bits per heavy atom. The summed E-state index contributed by atoms with van der Waals surface area (Å²) in [4.78, 5) is 68.0. The van der Waals surface area contributed by atoms with E-state index in [0.717, 1.165) is 5.56 Å². The lowest BCUT2D eigenvalue weighted by Gasteiger charge is -2.29. The first-order valence-electron chi connectivity index (χ1n) is 13.8. The van der Waals surface area contributed by atoms with E-state index in [9.17, 15) is 24.0 Å². The number of pyridine rings is 1. The van der Waals surface area contributed by atoms with Crippen LogP contribution >= 0.6 is 0 Å². The summed E-state index contributed by atoms with van der Waals surface area (Å²) in [5.74, 6) is -5.20. The van der Waals surface area contributed by atoms with E-state index in [1.165, 1.54) is 26.3 Å². The maximum Gasteiger partial charge on any atom is 0.332 e. The van der Waals surface area contributed by atoms with Crippen LogP contribution in [0.5, 0.6) is 11.5 Å². The number of rotatable bonds is 11. The van der Waals surface area contributed by atoms with Crippen LogP contribution in [-0.2, 0) is 44.5 Å². The van der Waals surface area contributed by atoms with Crippen molar-refractivity contribution in [3.05, 3.63) is 53.9 Å². The van der Waals surface area contributed by atoms with Gasteiger partial charge in [-0.1, -0.05) is 51.1 Å². The number of hydrogen-bond acceptors (Lipinski definition) is 12. The third-order valence-corrected chi connectivity index (χ3v) is 6.48. The van der Waals surface area contributed by atoms with Crippen LogP contribution in [0.15, 0.2) is 42.6 Å². The lowest BCUT2D eigenvalue weighted by atomic mass is 9.91. The molecule has 13 nitrogen and oxygen atoms in total. The summed E-state index contributed by atoms with van der Waals surface area (Å²) in [6.45, 7) is 5.30. The number of benzene rings is 1. The third-order valence-electron chi connectivity index (χ3n) is 6.48. The Morgan fingerprint density at radius 1 is 1.09 bits per heavy atom. The van der Waals surface area contributed by atoms with Crippen molar-refractivity contribution in [3.63, 3.8) is 0 Å². The van der Waals surface area contributed by atoms with Gasteiger partial charge in [0.05, 0.1) is 13.0 Å². The minimum Gasteiger partial charge on any atom is -0.493 e. The predicted molar refractivity (Wildman–Crippen MR) is 149 cm³/mol. The Labute approximate surface area is 249 Å². The smallest absolute Gasteiger partial charge is 0.332 e. The zero-order chi connectivity index (χ0) is 31.5. The first-order valence-corrected chi connectivity index (χ1v) is 13.8. The van der Waals surface area contributed by atoms with Crippen molar-refractivity contribution in [3.8, 4) is 11.5 Å². The number of carbonyl (C=O) groups excluding carboxylic acids is 5. The van der Waals surface area contributed by atoms with Gasteiger partial charge in [-0.2, -0.15) is 0 Å². The molecule has 3 rings (SSSR count). The molecule has 13 heteroatoms. The third kappa shape index (κ3) is 8.90. The molecule has 0 aliphatic carbocycles. The quantitative estimate of drug-likeness (QED) is 0.228. The molecule has 1 aliphatic rings. The van der Waals surface area contributed by atoms with E-state index in [1.54, 1.807) is 32.9 Å². The van der Waals surface area contributed by atoms with E-state index in [-0.39, 0.29) is 30.0 Å². The lowest BCUT2D eigenvalue weighted by molar-refractivity contribution is -0.176. The van der Waals surface area contributed by atoms with E-state index in [1.807, 2.05) is 18.2 Å². The van der Waals surface area contributed by atoms with E-state index < -0.39 is 73.3 Å². The molecule has 232 valence electrons. The van der Waals surface area contributed by atoms with E-state index >= 15 is 0 Å². The zero-order valence-corrected chi connectivity index (χ0v) is 24.7. The highest BCUT2D eigenvalue weighted by atomic mass is 16.7. The molecule has 0 saturated carbocycles. The Hall–Kier alpha value is -4.68. The number of esters is 4. The molecule has 1 saturated heterocycles. The van der Waals surface area contributed by atoms with Gasteiger partial charge in [0.2, 0.25) is 6.79 Å². The second kappa shape index (κ2) is 15.5. The molecular formula is C30H36N2O11. The molecular weight excluding hydrogens is 564 g/mol. The SMILES string of the molecule is CCC(=O)OCOc1c(OC)ccnc1C(=O)NC1COC(=O)C(Cc2ccccc2)C(OC(=O)C(C)C)[C@H](C)OC1=O. The topological polar surface area (TPSA) is 166 Å². The number of methoxy groups -OCH3 is 1. The number of amides is 1. The highest BCUT2D eigenvalue weighted by molar-refractivity contribution is 5.98. The normalized spacial score (nSPS) is 20.4. The highest BCUT2D eigenvalue weighted by Gasteiger charge is 2.42. The second-order valence-electron chi connectivity index (χ2n) is 9.97. The molecule has 43 heavy (non-hydrogen) atoms. The van der Waals surface area contributed by atoms with Gasteiger partial charge in [0.15, 0.2) is 29.3 Å². The average molecular weight is 601 g/mol. The van der Waals surface area contributed by atoms with Crippen molar-refractivity contribution >= 4 is 29.8 Å². The van der Waals surface area contributed by atoms with Crippen LogP contribution in [0.2, 0.25) is 0 Å². The minimum atomic E-state index is -1.45. The number of ether oxygens (including phenoxy) is 6. The summed E-state index contributed by atoms with van der Waals surface area (Å²) in [6.07, 6.45) is -0.690. The van der Waals surface area contributed by atoms with Crippen molar-refractivity contribution in [1.82, 2.24) is 10.3 Å². The number of aromatic nitrogens is 1. The molecule has 1 N–H and O–H groups in total. The first-order chi connectivity index (χ1) is 20.5. The second-order valence-corrected chi connectivity index (χ2v) is 9.97. The molecule has 4 atom stereocenters. The largest absolute Gasteiger partial charge is 0.493 e. The van der Waals surface area contributed by atoms with Crippen LogP contribution in [-0.4, -0.2) is 73.5 Å². The van der Waals surface area contributed by atoms with Crippen LogP contribution in [0.1, 0.15) is 50.2 Å². The van der Waals surface area contributed by atoms with Gasteiger partial charge in [-0.3, -0.25) is 19.2 Å². The molecule has 1 aliphatic heterocycles. The number of hydrogen-bond donors (Lipinski definition) is 1. The summed E-state index contributed by atoms with van der Waals surface area (Å²) in [7, 11) is 1.34. The Morgan fingerprint density at radius 3 is 2.47 bits per heavy atom. The Balaban J connectivity index is 1.86. The van der Waals surface area contributed by atoms with Gasteiger partial charge < -0.3 is 33.7 Å². The number of nitrogens with zero attached hydrogens (tertiary/aromatic N) is 1. The minimum absolute atomic E-state index is 0.114. The fourth-order valence-corrected chi connectivity index (χ4v) is 4.13. The van der Waals surface area contributed by atoms with Crippen LogP contribution in [0, 0.1) is 11.8 Å². The van der Waals surface area contributed by atoms with Crippen LogP contribution in [0.25, 0.3) is 0 Å². The summed E-state index contributed by atoms with van der Waals surface area (Å²) in [5, 5.41) is 2.46. The van der Waals surface area contributed by atoms with Crippen LogP contribution in [0.3, 0.4) is 0 Å². The summed E-state index contributed by atoms with van der Waals surface area (Å²) in [5.41, 5.74) is 0.489. The molecule has 1 aromatic heterocycles. The number of carbonyl (C=O) groups is 5. The van der Waals surface area contributed by atoms with Crippen LogP contribution in [0.4, 0.5) is 0 Å². The molecule has 1 aromatic carbocycles. The van der Waals surface area contributed by atoms with E-state index in [0.29, 0.717) is 0 Å².